The summed E-state index contributed by atoms with van der Waals surface area (Å²) in [5.41, 5.74) is 0. The molecule has 0 spiro atoms. The van der Waals surface area contributed by atoms with Gasteiger partial charge in [-0.2, -0.15) is 0 Å². The Hall–Kier alpha value is -1.23. The summed E-state index contributed by atoms with van der Waals surface area (Å²) in [4.78, 5) is 33.2. The van der Waals surface area contributed by atoms with Crippen LogP contribution in [0.3, 0.4) is 0 Å². The van der Waals surface area contributed by atoms with Gasteiger partial charge in [0, 0.05) is 31.7 Å². The molecule has 0 bridgehead atoms. The van der Waals surface area contributed by atoms with E-state index in [4.69, 9.17) is 4.74 Å². The van der Waals surface area contributed by atoms with Crippen LogP contribution in [0.15, 0.2) is 0 Å². The van der Waals surface area contributed by atoms with E-state index < -0.39 is 0 Å². The second-order valence-corrected chi connectivity index (χ2v) is 4.54. The van der Waals surface area contributed by atoms with Crippen molar-refractivity contribution in [3.05, 3.63) is 0 Å². The van der Waals surface area contributed by atoms with E-state index in [0.29, 0.717) is 26.2 Å². The topological polar surface area (TPSA) is 72.5 Å². The molecule has 0 radical (unpaired) electrons. The second-order valence-electron chi connectivity index (χ2n) is 4.54. The van der Waals surface area contributed by atoms with Crippen LogP contribution in [-0.2, 0) is 19.1 Å². The highest BCUT2D eigenvalue weighted by Crippen LogP contribution is 2.01. The highest BCUT2D eigenvalue weighted by atomic mass is 16.5. The van der Waals surface area contributed by atoms with Crippen molar-refractivity contribution in [2.45, 2.75) is 40.0 Å². The van der Waals surface area contributed by atoms with Crippen molar-refractivity contribution in [2.24, 2.45) is 5.92 Å². The van der Waals surface area contributed by atoms with Crippen LogP contribution < -0.4 is 5.32 Å². The Balaban J connectivity index is 3.43. The highest BCUT2D eigenvalue weighted by Gasteiger charge is 2.09. The van der Waals surface area contributed by atoms with E-state index in [9.17, 15) is 14.4 Å². The van der Waals surface area contributed by atoms with Gasteiger partial charge in [-0.05, 0) is 6.92 Å². The first-order chi connectivity index (χ1) is 8.43. The molecule has 0 unspecified atom stereocenters. The first-order valence-corrected chi connectivity index (χ1v) is 6.30. The van der Waals surface area contributed by atoms with Crippen LogP contribution >= 0.6 is 0 Å². The molecular weight excluding hydrogens is 234 g/mol. The summed E-state index contributed by atoms with van der Waals surface area (Å²) in [6, 6.07) is 0. The number of ether oxygens (including phenoxy) is 1. The molecule has 1 amide bonds. The van der Waals surface area contributed by atoms with Gasteiger partial charge in [0.2, 0.25) is 5.91 Å². The molecular formula is C13H23NO4. The lowest BCUT2D eigenvalue weighted by atomic mass is 10.0. The molecule has 0 aromatic heterocycles. The monoisotopic (exact) mass is 257 g/mol. The summed E-state index contributed by atoms with van der Waals surface area (Å²) in [6.07, 6.45) is 0.913. The first-order valence-electron chi connectivity index (χ1n) is 6.30. The van der Waals surface area contributed by atoms with E-state index in [1.165, 1.54) is 6.92 Å². The molecule has 0 fully saturated rings. The van der Waals surface area contributed by atoms with Gasteiger partial charge in [0.1, 0.15) is 11.6 Å². The van der Waals surface area contributed by atoms with Crippen LogP contribution in [0, 0.1) is 5.92 Å². The normalized spacial score (nSPS) is 10.4. The van der Waals surface area contributed by atoms with E-state index in [1.54, 1.807) is 0 Å². The standard InChI is InChI=1S/C13H23NO4/c1-10(2)12(16)4-5-13(17)14-7-9-18-8-6-11(3)15/h10H,4-9H2,1-3H3,(H,14,17). The fourth-order valence-electron chi connectivity index (χ4n) is 1.19. The Kier molecular flexibility index (Phi) is 9.10. The summed E-state index contributed by atoms with van der Waals surface area (Å²) >= 11 is 0. The SMILES string of the molecule is CC(=O)CCOCCNC(=O)CCC(=O)C(C)C. The molecule has 18 heavy (non-hydrogen) atoms. The Morgan fingerprint density at radius 2 is 1.72 bits per heavy atom. The summed E-state index contributed by atoms with van der Waals surface area (Å²) in [5.74, 6) is 0.0287. The first kappa shape index (κ1) is 16.8. The Labute approximate surface area is 108 Å². The van der Waals surface area contributed by atoms with Gasteiger partial charge < -0.3 is 10.1 Å². The lowest BCUT2D eigenvalue weighted by Crippen LogP contribution is -2.28. The van der Waals surface area contributed by atoms with Crippen LogP contribution in [0.4, 0.5) is 0 Å². The number of nitrogens with one attached hydrogen (secondary N) is 1. The molecule has 0 aliphatic rings. The van der Waals surface area contributed by atoms with Gasteiger partial charge >= 0.3 is 0 Å². The predicted octanol–water partition coefficient (Wildman–Crippen LogP) is 1.10. The van der Waals surface area contributed by atoms with Crippen LogP contribution in [0.5, 0.6) is 0 Å². The molecule has 0 aromatic rings. The Morgan fingerprint density at radius 1 is 1.06 bits per heavy atom. The molecule has 0 saturated heterocycles. The summed E-state index contributed by atoms with van der Waals surface area (Å²) in [6.45, 7) is 6.34. The number of carbonyl (C=O) groups excluding carboxylic acids is 3. The van der Waals surface area contributed by atoms with Crippen molar-refractivity contribution in [2.75, 3.05) is 19.8 Å². The van der Waals surface area contributed by atoms with Crippen molar-refractivity contribution in [1.29, 1.82) is 0 Å². The fraction of sp³-hybridized carbons (Fsp3) is 0.769. The van der Waals surface area contributed by atoms with Crippen molar-refractivity contribution < 1.29 is 19.1 Å². The molecule has 0 aromatic carbocycles. The van der Waals surface area contributed by atoms with E-state index in [0.717, 1.165) is 0 Å². The van der Waals surface area contributed by atoms with Gasteiger partial charge in [-0.1, -0.05) is 13.8 Å². The number of hydrogen-bond acceptors (Lipinski definition) is 4. The maximum Gasteiger partial charge on any atom is 0.220 e. The molecule has 1 N–H and O–H groups in total. The lowest BCUT2D eigenvalue weighted by molar-refractivity contribution is -0.126. The molecule has 5 heteroatoms. The van der Waals surface area contributed by atoms with E-state index in [-0.39, 0.29) is 36.2 Å². The van der Waals surface area contributed by atoms with Crippen molar-refractivity contribution in [1.82, 2.24) is 5.32 Å². The largest absolute Gasteiger partial charge is 0.379 e. The highest BCUT2D eigenvalue weighted by molar-refractivity contribution is 5.85. The maximum atomic E-state index is 11.3. The number of rotatable bonds is 10. The number of amides is 1. The lowest BCUT2D eigenvalue weighted by Gasteiger charge is -2.06. The van der Waals surface area contributed by atoms with E-state index in [2.05, 4.69) is 5.32 Å². The maximum absolute atomic E-state index is 11.3. The smallest absolute Gasteiger partial charge is 0.220 e. The number of hydrogen-bond donors (Lipinski definition) is 1. The van der Waals surface area contributed by atoms with Gasteiger partial charge in [-0.3, -0.25) is 14.4 Å². The third-order valence-corrected chi connectivity index (χ3v) is 2.41. The third kappa shape index (κ3) is 9.96. The summed E-state index contributed by atoms with van der Waals surface area (Å²) in [7, 11) is 0. The third-order valence-electron chi connectivity index (χ3n) is 2.41. The summed E-state index contributed by atoms with van der Waals surface area (Å²) < 4.78 is 5.16. The van der Waals surface area contributed by atoms with E-state index >= 15 is 0 Å². The van der Waals surface area contributed by atoms with Crippen LogP contribution in [-0.4, -0.2) is 37.2 Å². The fourth-order valence-corrected chi connectivity index (χ4v) is 1.19. The molecule has 0 aliphatic heterocycles. The van der Waals surface area contributed by atoms with E-state index in [1.807, 2.05) is 13.8 Å². The Morgan fingerprint density at radius 3 is 2.28 bits per heavy atom. The van der Waals surface area contributed by atoms with Gasteiger partial charge in [0.05, 0.1) is 13.2 Å². The molecule has 0 aliphatic carbocycles. The minimum Gasteiger partial charge on any atom is -0.379 e. The molecule has 5 nitrogen and oxygen atoms in total. The average molecular weight is 257 g/mol. The second kappa shape index (κ2) is 9.76. The van der Waals surface area contributed by atoms with Gasteiger partial charge in [0.25, 0.3) is 0 Å². The van der Waals surface area contributed by atoms with Gasteiger partial charge in [-0.15, -0.1) is 0 Å². The minimum absolute atomic E-state index is 0.0206. The average Bonchev–Trinajstić information content (AvgIpc) is 2.29. The zero-order valence-electron chi connectivity index (χ0n) is 11.5. The van der Waals surface area contributed by atoms with Crippen LogP contribution in [0.2, 0.25) is 0 Å². The number of carbonyl (C=O) groups is 3. The molecule has 104 valence electrons. The zero-order valence-corrected chi connectivity index (χ0v) is 11.5. The van der Waals surface area contributed by atoms with Crippen molar-refractivity contribution in [3.8, 4) is 0 Å². The zero-order chi connectivity index (χ0) is 14.0. The van der Waals surface area contributed by atoms with Gasteiger partial charge in [-0.25, -0.2) is 0 Å². The number of ketones is 2. The predicted molar refractivity (Wildman–Crippen MR) is 68.2 cm³/mol. The quantitative estimate of drug-likeness (QED) is 0.595. The van der Waals surface area contributed by atoms with Crippen LogP contribution in [0.1, 0.15) is 40.0 Å². The molecule has 0 heterocycles. The molecule has 0 rings (SSSR count). The van der Waals surface area contributed by atoms with Crippen molar-refractivity contribution >= 4 is 17.5 Å². The molecule has 0 atom stereocenters. The van der Waals surface area contributed by atoms with Gasteiger partial charge in [0.15, 0.2) is 0 Å². The van der Waals surface area contributed by atoms with Crippen molar-refractivity contribution in [3.63, 3.8) is 0 Å². The minimum atomic E-state index is -0.140. The number of Topliss-reactive ketones (excluding diaryl/α,β-unsaturated/α-hetero) is 2. The van der Waals surface area contributed by atoms with Crippen LogP contribution in [0.25, 0.3) is 0 Å². The Bertz CT molecular complexity index is 287. The molecule has 0 saturated carbocycles. The summed E-state index contributed by atoms with van der Waals surface area (Å²) in [5, 5.41) is 2.66.